The van der Waals surface area contributed by atoms with Crippen LogP contribution < -0.4 is 15.6 Å². The van der Waals surface area contributed by atoms with Crippen LogP contribution in [0.25, 0.3) is 16.6 Å². The minimum atomic E-state index is -0.502. The van der Waals surface area contributed by atoms with Crippen molar-refractivity contribution < 1.29 is 9.66 Å². The molecular formula is C19H18N4O4. The Labute approximate surface area is 154 Å². The van der Waals surface area contributed by atoms with Gasteiger partial charge in [0.1, 0.15) is 11.6 Å². The lowest BCUT2D eigenvalue weighted by atomic mass is 10.1. The van der Waals surface area contributed by atoms with Gasteiger partial charge in [-0.25, -0.2) is 4.98 Å². The SMILES string of the molecule is COc1ccc(-n2c([C@H]3CCCN3)nc3c([N+](=O)[O-])cccc3c2=O)cc1. The van der Waals surface area contributed by atoms with E-state index in [-0.39, 0.29) is 28.2 Å². The zero-order valence-corrected chi connectivity index (χ0v) is 14.7. The number of hydrogen-bond donors (Lipinski definition) is 1. The monoisotopic (exact) mass is 366 g/mol. The summed E-state index contributed by atoms with van der Waals surface area (Å²) in [6.07, 6.45) is 1.77. The second-order valence-electron chi connectivity index (χ2n) is 6.39. The van der Waals surface area contributed by atoms with Crippen molar-refractivity contribution in [1.29, 1.82) is 0 Å². The molecule has 0 bridgehead atoms. The van der Waals surface area contributed by atoms with E-state index >= 15 is 0 Å². The molecule has 8 nitrogen and oxygen atoms in total. The summed E-state index contributed by atoms with van der Waals surface area (Å²) in [5.41, 5.74) is 0.287. The number of aromatic nitrogens is 2. The summed E-state index contributed by atoms with van der Waals surface area (Å²) >= 11 is 0. The molecule has 138 valence electrons. The van der Waals surface area contributed by atoms with E-state index in [0.29, 0.717) is 17.3 Å². The lowest BCUT2D eigenvalue weighted by Gasteiger charge is -2.18. The molecule has 1 N–H and O–H groups in total. The van der Waals surface area contributed by atoms with E-state index in [9.17, 15) is 14.9 Å². The minimum Gasteiger partial charge on any atom is -0.497 e. The van der Waals surface area contributed by atoms with E-state index in [1.807, 2.05) is 0 Å². The Balaban J connectivity index is 2.03. The molecular weight excluding hydrogens is 348 g/mol. The van der Waals surface area contributed by atoms with Crippen molar-refractivity contribution in [3.63, 3.8) is 0 Å². The first-order chi connectivity index (χ1) is 13.1. The molecule has 0 aliphatic carbocycles. The highest BCUT2D eigenvalue weighted by Gasteiger charge is 2.26. The number of nitrogens with zero attached hydrogens (tertiary/aromatic N) is 3. The molecule has 0 spiro atoms. The second kappa shape index (κ2) is 6.81. The number of para-hydroxylation sites is 1. The summed E-state index contributed by atoms with van der Waals surface area (Å²) in [6.45, 7) is 0.818. The van der Waals surface area contributed by atoms with Crippen LogP contribution in [-0.4, -0.2) is 28.1 Å². The van der Waals surface area contributed by atoms with Gasteiger partial charge in [0, 0.05) is 6.07 Å². The predicted molar refractivity (Wildman–Crippen MR) is 101 cm³/mol. The number of rotatable bonds is 4. The molecule has 1 fully saturated rings. The van der Waals surface area contributed by atoms with Gasteiger partial charge in [0.05, 0.1) is 29.1 Å². The fraction of sp³-hybridized carbons (Fsp3) is 0.263. The maximum atomic E-state index is 13.3. The van der Waals surface area contributed by atoms with Crippen LogP contribution in [0.3, 0.4) is 0 Å². The van der Waals surface area contributed by atoms with Crippen LogP contribution in [0.1, 0.15) is 24.7 Å². The van der Waals surface area contributed by atoms with Gasteiger partial charge >= 0.3 is 0 Å². The Hall–Kier alpha value is -3.26. The van der Waals surface area contributed by atoms with Gasteiger partial charge in [-0.3, -0.25) is 19.5 Å². The third kappa shape index (κ3) is 2.93. The molecule has 2 aromatic carbocycles. The van der Waals surface area contributed by atoms with Crippen molar-refractivity contribution in [2.75, 3.05) is 13.7 Å². The first kappa shape index (κ1) is 17.2. The van der Waals surface area contributed by atoms with Gasteiger partial charge in [0.25, 0.3) is 11.2 Å². The predicted octanol–water partition coefficient (Wildman–Crippen LogP) is 2.73. The molecule has 27 heavy (non-hydrogen) atoms. The van der Waals surface area contributed by atoms with Crippen molar-refractivity contribution in [2.45, 2.75) is 18.9 Å². The summed E-state index contributed by atoms with van der Waals surface area (Å²) in [4.78, 5) is 28.8. The standard InChI is InChI=1S/C19H18N4O4/c1-27-13-9-7-12(8-10-13)22-18(15-5-3-11-20-15)21-17-14(19(22)24)4-2-6-16(17)23(25)26/h2,4,6-10,15,20H,3,5,11H2,1H3/t15-/m1/s1. The topological polar surface area (TPSA) is 99.3 Å². The Morgan fingerprint density at radius 1 is 1.26 bits per heavy atom. The Bertz CT molecular complexity index is 1070. The number of ether oxygens (including phenoxy) is 1. The fourth-order valence-corrected chi connectivity index (χ4v) is 3.48. The largest absolute Gasteiger partial charge is 0.497 e. The maximum Gasteiger partial charge on any atom is 0.295 e. The molecule has 0 unspecified atom stereocenters. The molecule has 1 aromatic heterocycles. The number of nitro groups is 1. The molecule has 1 saturated heterocycles. The number of nitrogens with one attached hydrogen (secondary N) is 1. The van der Waals surface area contributed by atoms with Crippen LogP contribution in [-0.2, 0) is 0 Å². The van der Waals surface area contributed by atoms with E-state index in [1.165, 1.54) is 16.7 Å². The smallest absolute Gasteiger partial charge is 0.295 e. The van der Waals surface area contributed by atoms with E-state index in [0.717, 1.165) is 19.4 Å². The second-order valence-corrected chi connectivity index (χ2v) is 6.39. The number of non-ortho nitro benzene ring substituents is 1. The fourth-order valence-electron chi connectivity index (χ4n) is 3.48. The summed E-state index contributed by atoms with van der Waals surface area (Å²) < 4.78 is 6.72. The van der Waals surface area contributed by atoms with Gasteiger partial charge in [0.15, 0.2) is 5.52 Å². The number of methoxy groups -OCH3 is 1. The van der Waals surface area contributed by atoms with Gasteiger partial charge in [-0.15, -0.1) is 0 Å². The Morgan fingerprint density at radius 3 is 2.67 bits per heavy atom. The maximum absolute atomic E-state index is 13.3. The molecule has 2 heterocycles. The number of hydrogen-bond acceptors (Lipinski definition) is 6. The highest BCUT2D eigenvalue weighted by molar-refractivity contribution is 5.86. The van der Waals surface area contributed by atoms with Crippen molar-refractivity contribution >= 4 is 16.6 Å². The lowest BCUT2D eigenvalue weighted by Crippen LogP contribution is -2.29. The number of benzene rings is 2. The molecule has 0 radical (unpaired) electrons. The van der Waals surface area contributed by atoms with E-state index in [4.69, 9.17) is 4.74 Å². The van der Waals surface area contributed by atoms with E-state index in [1.54, 1.807) is 37.4 Å². The molecule has 1 atom stereocenters. The highest BCUT2D eigenvalue weighted by Crippen LogP contribution is 2.28. The quantitative estimate of drug-likeness (QED) is 0.563. The first-order valence-corrected chi connectivity index (χ1v) is 8.68. The summed E-state index contributed by atoms with van der Waals surface area (Å²) in [5.74, 6) is 1.17. The van der Waals surface area contributed by atoms with Crippen molar-refractivity contribution in [2.24, 2.45) is 0 Å². The van der Waals surface area contributed by atoms with Crippen LogP contribution in [0.5, 0.6) is 5.75 Å². The normalized spacial score (nSPS) is 16.6. The molecule has 1 aliphatic rings. The van der Waals surface area contributed by atoms with Crippen molar-refractivity contribution in [3.05, 3.63) is 68.8 Å². The summed E-state index contributed by atoms with van der Waals surface area (Å²) in [5, 5.41) is 15.0. The summed E-state index contributed by atoms with van der Waals surface area (Å²) in [6, 6.07) is 11.4. The highest BCUT2D eigenvalue weighted by atomic mass is 16.6. The van der Waals surface area contributed by atoms with Crippen LogP contribution >= 0.6 is 0 Å². The van der Waals surface area contributed by atoms with E-state index in [2.05, 4.69) is 10.3 Å². The molecule has 1 aliphatic heterocycles. The summed E-state index contributed by atoms with van der Waals surface area (Å²) in [7, 11) is 1.58. The first-order valence-electron chi connectivity index (χ1n) is 8.68. The van der Waals surface area contributed by atoms with Crippen molar-refractivity contribution in [1.82, 2.24) is 14.9 Å². The minimum absolute atomic E-state index is 0.126. The lowest BCUT2D eigenvalue weighted by molar-refractivity contribution is -0.383. The van der Waals surface area contributed by atoms with Gasteiger partial charge in [-0.1, -0.05) is 6.07 Å². The average Bonchev–Trinajstić information content (AvgIpc) is 3.22. The number of nitro benzene ring substituents is 1. The number of fused-ring (bicyclic) bond motifs is 1. The van der Waals surface area contributed by atoms with Gasteiger partial charge in [0.2, 0.25) is 0 Å². The molecule has 8 heteroatoms. The third-order valence-electron chi connectivity index (χ3n) is 4.80. The van der Waals surface area contributed by atoms with Crippen molar-refractivity contribution in [3.8, 4) is 11.4 Å². The molecule has 0 saturated carbocycles. The van der Waals surface area contributed by atoms with E-state index < -0.39 is 4.92 Å². The third-order valence-corrected chi connectivity index (χ3v) is 4.80. The Kier molecular flexibility index (Phi) is 4.33. The van der Waals surface area contributed by atoms with Gasteiger partial charge in [-0.05, 0) is 49.7 Å². The van der Waals surface area contributed by atoms with Crippen LogP contribution in [0, 0.1) is 10.1 Å². The molecule has 4 rings (SSSR count). The average molecular weight is 366 g/mol. The zero-order chi connectivity index (χ0) is 19.0. The van der Waals surface area contributed by atoms with Gasteiger partial charge < -0.3 is 10.1 Å². The van der Waals surface area contributed by atoms with Gasteiger partial charge in [-0.2, -0.15) is 0 Å². The van der Waals surface area contributed by atoms with Crippen LogP contribution in [0.4, 0.5) is 5.69 Å². The molecule has 3 aromatic rings. The van der Waals surface area contributed by atoms with Crippen LogP contribution in [0.15, 0.2) is 47.3 Å². The Morgan fingerprint density at radius 2 is 2.04 bits per heavy atom. The molecule has 0 amide bonds. The van der Waals surface area contributed by atoms with Crippen LogP contribution in [0.2, 0.25) is 0 Å². The zero-order valence-electron chi connectivity index (χ0n) is 14.7.